The maximum Gasteiger partial charge on any atom is 0.106 e. The van der Waals surface area contributed by atoms with Gasteiger partial charge in [0, 0.05) is 19.5 Å². The summed E-state index contributed by atoms with van der Waals surface area (Å²) < 4.78 is 0. The van der Waals surface area contributed by atoms with E-state index in [9.17, 15) is 0 Å². The molecule has 0 spiro atoms. The van der Waals surface area contributed by atoms with Crippen molar-refractivity contribution in [3.63, 3.8) is 0 Å². The van der Waals surface area contributed by atoms with E-state index in [1.54, 1.807) is 25.6 Å². The monoisotopic (exact) mass is 163 g/mol. The van der Waals surface area contributed by atoms with Crippen LogP contribution in [0.4, 0.5) is 0 Å². The van der Waals surface area contributed by atoms with Gasteiger partial charge in [0.2, 0.25) is 0 Å². The first-order valence-corrected chi connectivity index (χ1v) is 3.54. The lowest BCUT2D eigenvalue weighted by Gasteiger charge is -1.95. The molecule has 0 aliphatic rings. The molecule has 0 aliphatic carbocycles. The Labute approximate surface area is 73.0 Å². The third-order valence-corrected chi connectivity index (χ3v) is 1.15. The topological polar surface area (TPSA) is 37.1 Å². The summed E-state index contributed by atoms with van der Waals surface area (Å²) in [5, 5.41) is 0. The van der Waals surface area contributed by atoms with Crippen LogP contribution in [0, 0.1) is 0 Å². The molecule has 0 saturated carbocycles. The van der Waals surface area contributed by atoms with Crippen LogP contribution < -0.4 is 0 Å². The molecule has 3 nitrogen and oxygen atoms in total. The van der Waals surface area contributed by atoms with Gasteiger partial charge in [-0.1, -0.05) is 6.58 Å². The van der Waals surface area contributed by atoms with Crippen molar-refractivity contribution in [1.82, 2.24) is 0 Å². The summed E-state index contributed by atoms with van der Waals surface area (Å²) in [5.74, 6) is 0. The number of aliphatic imine (C=N–C) groups is 3. The molecule has 0 rings (SSSR count). The quantitative estimate of drug-likeness (QED) is 0.448. The first kappa shape index (κ1) is 10.5. The van der Waals surface area contributed by atoms with Crippen LogP contribution in [0.25, 0.3) is 0 Å². The first-order chi connectivity index (χ1) is 5.79. The van der Waals surface area contributed by atoms with Crippen LogP contribution in [0.1, 0.15) is 6.92 Å². The Kier molecular flexibility index (Phi) is 5.43. The highest BCUT2D eigenvalue weighted by Crippen LogP contribution is 2.05. The van der Waals surface area contributed by atoms with E-state index in [2.05, 4.69) is 28.3 Å². The zero-order chi connectivity index (χ0) is 9.40. The van der Waals surface area contributed by atoms with E-state index >= 15 is 0 Å². The van der Waals surface area contributed by atoms with Crippen LogP contribution in [-0.4, -0.2) is 26.2 Å². The molecule has 12 heavy (non-hydrogen) atoms. The Morgan fingerprint density at radius 2 is 2.00 bits per heavy atom. The van der Waals surface area contributed by atoms with Crippen LogP contribution >= 0.6 is 0 Å². The number of hydrogen-bond acceptors (Lipinski definition) is 3. The van der Waals surface area contributed by atoms with E-state index in [1.165, 1.54) is 0 Å². The van der Waals surface area contributed by atoms with Crippen LogP contribution in [-0.2, 0) is 0 Å². The van der Waals surface area contributed by atoms with Gasteiger partial charge in [-0.25, -0.2) is 0 Å². The normalized spacial score (nSPS) is 13.5. The van der Waals surface area contributed by atoms with Gasteiger partial charge >= 0.3 is 0 Å². The molecular formula is C9H13N3. The fourth-order valence-corrected chi connectivity index (χ4v) is 0.673. The third kappa shape index (κ3) is 3.05. The number of hydrogen-bond donors (Lipinski definition) is 0. The summed E-state index contributed by atoms with van der Waals surface area (Å²) in [6, 6.07) is 0. The van der Waals surface area contributed by atoms with Crippen LogP contribution in [0.3, 0.4) is 0 Å². The number of rotatable bonds is 4. The van der Waals surface area contributed by atoms with Gasteiger partial charge in [-0.05, 0) is 19.7 Å². The van der Waals surface area contributed by atoms with E-state index in [1.807, 2.05) is 6.92 Å². The largest absolute Gasteiger partial charge is 0.294 e. The zero-order valence-corrected chi connectivity index (χ0v) is 7.49. The number of nitrogens with zero attached hydrogens (tertiary/aromatic N) is 3. The van der Waals surface area contributed by atoms with Crippen molar-refractivity contribution in [2.24, 2.45) is 15.0 Å². The van der Waals surface area contributed by atoms with Crippen LogP contribution in [0.5, 0.6) is 0 Å². The van der Waals surface area contributed by atoms with Gasteiger partial charge < -0.3 is 0 Å². The number of allylic oxidation sites excluding steroid dienone is 2. The van der Waals surface area contributed by atoms with Crippen molar-refractivity contribution in [2.75, 3.05) is 7.05 Å². The Bertz CT molecular complexity index is 220. The molecule has 0 heterocycles. The molecule has 0 unspecified atom stereocenters. The summed E-state index contributed by atoms with van der Waals surface area (Å²) in [6.45, 7) is 8.85. The molecule has 0 radical (unpaired) electrons. The van der Waals surface area contributed by atoms with Gasteiger partial charge in [-0.15, -0.1) is 0 Å². The fourth-order valence-electron chi connectivity index (χ4n) is 0.673. The van der Waals surface area contributed by atoms with Crippen LogP contribution in [0.2, 0.25) is 0 Å². The second-order valence-corrected chi connectivity index (χ2v) is 1.91. The summed E-state index contributed by atoms with van der Waals surface area (Å²) in [6.07, 6.45) is 4.88. The second kappa shape index (κ2) is 6.22. The van der Waals surface area contributed by atoms with E-state index < -0.39 is 0 Å². The van der Waals surface area contributed by atoms with Gasteiger partial charge in [0.1, 0.15) is 5.70 Å². The van der Waals surface area contributed by atoms with E-state index in [4.69, 9.17) is 0 Å². The lowest BCUT2D eigenvalue weighted by Crippen LogP contribution is -1.86. The van der Waals surface area contributed by atoms with E-state index in [0.717, 1.165) is 0 Å². The maximum absolute atomic E-state index is 4.04. The average molecular weight is 163 g/mol. The zero-order valence-electron chi connectivity index (χ0n) is 7.49. The van der Waals surface area contributed by atoms with Gasteiger partial charge in [-0.2, -0.15) is 0 Å². The van der Waals surface area contributed by atoms with Crippen molar-refractivity contribution in [1.29, 1.82) is 0 Å². The van der Waals surface area contributed by atoms with Crippen molar-refractivity contribution in [3.05, 3.63) is 24.0 Å². The molecule has 0 aliphatic heterocycles. The highest BCUT2D eigenvalue weighted by atomic mass is 14.8. The lowest BCUT2D eigenvalue weighted by atomic mass is 10.3. The fraction of sp³-hybridized carbons (Fsp3) is 0.222. The molecule has 0 bridgehead atoms. The van der Waals surface area contributed by atoms with Gasteiger partial charge in [0.25, 0.3) is 0 Å². The smallest absolute Gasteiger partial charge is 0.106 e. The summed E-state index contributed by atoms with van der Waals surface area (Å²) >= 11 is 0. The molecule has 3 heteroatoms. The molecule has 0 aromatic carbocycles. The molecule has 0 fully saturated rings. The molecule has 0 aromatic heterocycles. The molecule has 0 atom stereocenters. The molecule has 0 saturated heterocycles. The highest BCUT2D eigenvalue weighted by Gasteiger charge is 1.94. The third-order valence-electron chi connectivity index (χ3n) is 1.15. The predicted molar refractivity (Wildman–Crippen MR) is 55.4 cm³/mol. The average Bonchev–Trinajstić information content (AvgIpc) is 2.11. The van der Waals surface area contributed by atoms with Gasteiger partial charge in [-0.3, -0.25) is 15.0 Å². The summed E-state index contributed by atoms with van der Waals surface area (Å²) in [7, 11) is 1.67. The molecule has 0 aromatic rings. The summed E-state index contributed by atoms with van der Waals surface area (Å²) in [5.41, 5.74) is 1.31. The van der Waals surface area contributed by atoms with Crippen LogP contribution in [0.15, 0.2) is 39.0 Å². The predicted octanol–water partition coefficient (Wildman–Crippen LogP) is 1.88. The molecule has 0 amide bonds. The second-order valence-electron chi connectivity index (χ2n) is 1.91. The Morgan fingerprint density at radius 3 is 2.33 bits per heavy atom. The molecular weight excluding hydrogens is 150 g/mol. The summed E-state index contributed by atoms with van der Waals surface area (Å²) in [4.78, 5) is 11.6. The SMILES string of the molecule is C=C/C(N=CC)=C(\C=NC)N=C. The maximum atomic E-state index is 4.04. The minimum atomic E-state index is 0.630. The Hall–Kier alpha value is -1.51. The van der Waals surface area contributed by atoms with Gasteiger partial charge in [0.05, 0.1) is 5.70 Å². The van der Waals surface area contributed by atoms with E-state index in [-0.39, 0.29) is 0 Å². The highest BCUT2D eigenvalue weighted by molar-refractivity contribution is 5.81. The van der Waals surface area contributed by atoms with Crippen molar-refractivity contribution >= 4 is 19.1 Å². The van der Waals surface area contributed by atoms with Crippen molar-refractivity contribution < 1.29 is 0 Å². The standard InChI is InChI=1S/C9H13N3/c1-5-8(12-6-2)9(11-4)7-10-3/h5-7H,1,4H2,2-3H3/b9-8-,10-7?,12-6?. The lowest BCUT2D eigenvalue weighted by molar-refractivity contribution is 1.31. The minimum Gasteiger partial charge on any atom is -0.294 e. The first-order valence-electron chi connectivity index (χ1n) is 3.54. The van der Waals surface area contributed by atoms with E-state index in [0.29, 0.717) is 11.4 Å². The van der Waals surface area contributed by atoms with Crippen molar-refractivity contribution in [2.45, 2.75) is 6.92 Å². The minimum absolute atomic E-state index is 0.630. The Morgan fingerprint density at radius 1 is 1.33 bits per heavy atom. The molecule has 64 valence electrons. The molecule has 0 N–H and O–H groups in total. The Balaban J connectivity index is 4.98. The van der Waals surface area contributed by atoms with Crippen molar-refractivity contribution in [3.8, 4) is 0 Å². The van der Waals surface area contributed by atoms with Gasteiger partial charge in [0.15, 0.2) is 0 Å².